The van der Waals surface area contributed by atoms with E-state index in [1.165, 1.54) is 23.5 Å². The van der Waals surface area contributed by atoms with Crippen molar-refractivity contribution in [3.8, 4) is 0 Å². The molecule has 3 heterocycles. The second-order valence-corrected chi connectivity index (χ2v) is 8.61. The lowest BCUT2D eigenvalue weighted by Gasteiger charge is -2.40. The van der Waals surface area contributed by atoms with Crippen molar-refractivity contribution >= 4 is 50.1 Å². The van der Waals surface area contributed by atoms with E-state index in [0.717, 1.165) is 5.56 Å². The molecule has 3 aromatic rings. The number of amides is 2. The third-order valence-electron chi connectivity index (χ3n) is 5.03. The molecule has 4 rings (SSSR count). The highest BCUT2D eigenvalue weighted by Gasteiger charge is 2.29. The Bertz CT molecular complexity index is 1080. The van der Waals surface area contributed by atoms with Crippen LogP contribution in [0.2, 0.25) is 5.02 Å². The van der Waals surface area contributed by atoms with E-state index in [1.807, 2.05) is 13.0 Å². The maximum atomic E-state index is 13.4. The molecule has 0 bridgehead atoms. The number of nitrogens with zero attached hydrogens (tertiary/aromatic N) is 4. The van der Waals surface area contributed by atoms with E-state index in [1.54, 1.807) is 17.2 Å². The van der Waals surface area contributed by atoms with Crippen molar-refractivity contribution in [2.75, 3.05) is 36.5 Å². The van der Waals surface area contributed by atoms with Crippen LogP contribution in [-0.2, 0) is 6.42 Å². The summed E-state index contributed by atoms with van der Waals surface area (Å²) in [5, 5.41) is 12.9. The lowest BCUT2D eigenvalue weighted by molar-refractivity contribution is 0.184. The van der Waals surface area contributed by atoms with Gasteiger partial charge in [-0.05, 0) is 43.2 Å². The maximum absolute atomic E-state index is 13.4. The van der Waals surface area contributed by atoms with E-state index in [0.29, 0.717) is 52.2 Å². The first-order chi connectivity index (χ1) is 14.4. The van der Waals surface area contributed by atoms with Gasteiger partial charge in [0.25, 0.3) is 0 Å². The molecule has 30 heavy (non-hydrogen) atoms. The average molecular weight is 450 g/mol. The Morgan fingerprint density at radius 1 is 1.40 bits per heavy atom. The largest absolute Gasteiger partial charge is 0.396 e. The Balaban J connectivity index is 1.41. The molecule has 0 spiro atoms. The summed E-state index contributed by atoms with van der Waals surface area (Å²) in [5.74, 6) is 0.351. The van der Waals surface area contributed by atoms with Crippen LogP contribution in [0.4, 0.5) is 20.1 Å². The van der Waals surface area contributed by atoms with E-state index in [4.69, 9.17) is 16.7 Å². The Hall–Kier alpha value is -2.49. The molecule has 0 saturated carbocycles. The quantitative estimate of drug-likeness (QED) is 0.633. The lowest BCUT2D eigenvalue weighted by Crippen LogP contribution is -2.55. The van der Waals surface area contributed by atoms with Gasteiger partial charge in [-0.15, -0.1) is 0 Å². The van der Waals surface area contributed by atoms with Crippen LogP contribution in [0.15, 0.2) is 30.5 Å². The van der Waals surface area contributed by atoms with Crippen molar-refractivity contribution in [1.82, 2.24) is 14.9 Å². The topological polar surface area (TPSA) is 81.6 Å². The number of pyridine rings is 1. The molecule has 2 aromatic heterocycles. The van der Waals surface area contributed by atoms with Crippen LogP contribution < -0.4 is 10.2 Å². The Morgan fingerprint density at radius 2 is 2.23 bits per heavy atom. The van der Waals surface area contributed by atoms with E-state index in [9.17, 15) is 9.18 Å². The predicted octanol–water partition coefficient (Wildman–Crippen LogP) is 3.76. The van der Waals surface area contributed by atoms with Crippen LogP contribution in [0.25, 0.3) is 10.2 Å². The minimum Gasteiger partial charge on any atom is -0.396 e. The summed E-state index contributed by atoms with van der Waals surface area (Å²) in [6, 6.07) is 5.87. The first-order valence-corrected chi connectivity index (χ1v) is 10.8. The van der Waals surface area contributed by atoms with Gasteiger partial charge in [-0.1, -0.05) is 22.9 Å². The maximum Gasteiger partial charge on any atom is 0.324 e. The number of hydrogen-bond donors (Lipinski definition) is 2. The van der Waals surface area contributed by atoms with Crippen molar-refractivity contribution in [1.29, 1.82) is 0 Å². The van der Waals surface area contributed by atoms with Crippen molar-refractivity contribution in [3.05, 3.63) is 46.9 Å². The number of nitrogens with one attached hydrogen (secondary N) is 1. The summed E-state index contributed by atoms with van der Waals surface area (Å²) in [6.45, 7) is 3.70. The van der Waals surface area contributed by atoms with Gasteiger partial charge in [0.2, 0.25) is 0 Å². The van der Waals surface area contributed by atoms with Crippen LogP contribution in [0.5, 0.6) is 0 Å². The number of aromatic nitrogens is 2. The molecule has 1 atom stereocenters. The summed E-state index contributed by atoms with van der Waals surface area (Å²) in [4.78, 5) is 25.4. The van der Waals surface area contributed by atoms with Crippen LogP contribution in [0.3, 0.4) is 0 Å². The number of fused-ring (bicyclic) bond motifs is 1. The predicted molar refractivity (Wildman–Crippen MR) is 117 cm³/mol. The average Bonchev–Trinajstić information content (AvgIpc) is 3.09. The SMILES string of the molecule is C[C@@H]1CN(c2ncc(CCO)cc2Cl)CCN1C(=O)Nc1nc2ccc(F)cc2s1. The monoisotopic (exact) mass is 449 g/mol. The minimum absolute atomic E-state index is 0.0474. The molecule has 158 valence electrons. The number of hydrogen-bond acceptors (Lipinski definition) is 6. The van der Waals surface area contributed by atoms with Crippen molar-refractivity contribution < 1.29 is 14.3 Å². The number of aliphatic hydroxyl groups excluding tert-OH is 1. The Labute approximate surface area is 182 Å². The van der Waals surface area contributed by atoms with E-state index in [-0.39, 0.29) is 24.5 Å². The van der Waals surface area contributed by atoms with Gasteiger partial charge in [0, 0.05) is 38.5 Å². The highest BCUT2D eigenvalue weighted by Crippen LogP contribution is 2.29. The van der Waals surface area contributed by atoms with Crippen LogP contribution >= 0.6 is 22.9 Å². The van der Waals surface area contributed by atoms with Gasteiger partial charge >= 0.3 is 6.03 Å². The van der Waals surface area contributed by atoms with Crippen molar-refractivity contribution in [2.24, 2.45) is 0 Å². The number of aliphatic hydroxyl groups is 1. The number of thiazole rings is 1. The molecule has 1 aliphatic heterocycles. The first kappa shape index (κ1) is 20.8. The zero-order chi connectivity index (χ0) is 21.3. The van der Waals surface area contributed by atoms with Gasteiger partial charge in [-0.25, -0.2) is 19.2 Å². The molecule has 2 amide bonds. The number of carbonyl (C=O) groups is 1. The van der Waals surface area contributed by atoms with Crippen LogP contribution in [-0.4, -0.2) is 58.3 Å². The molecule has 0 aliphatic carbocycles. The highest BCUT2D eigenvalue weighted by molar-refractivity contribution is 7.22. The number of urea groups is 1. The normalized spacial score (nSPS) is 16.9. The standard InChI is InChI=1S/C20H21ClFN5O2S/c1-12-11-26(18-15(21)8-13(4-7-28)10-23-18)5-6-27(12)20(29)25-19-24-16-3-2-14(22)9-17(16)30-19/h2-3,8-10,12,28H,4-7,11H2,1H3,(H,24,25,29)/t12-/m1/s1. The van der Waals surface area contributed by atoms with Crippen LogP contribution in [0.1, 0.15) is 12.5 Å². The lowest BCUT2D eigenvalue weighted by atomic mass is 10.2. The van der Waals surface area contributed by atoms with E-state index >= 15 is 0 Å². The molecule has 7 nitrogen and oxygen atoms in total. The second-order valence-electron chi connectivity index (χ2n) is 7.17. The van der Waals surface area contributed by atoms with Gasteiger partial charge in [0.15, 0.2) is 5.13 Å². The zero-order valence-electron chi connectivity index (χ0n) is 16.3. The Kier molecular flexibility index (Phi) is 6.03. The summed E-state index contributed by atoms with van der Waals surface area (Å²) in [6.07, 6.45) is 2.23. The molecule has 1 aliphatic rings. The van der Waals surface area contributed by atoms with Crippen molar-refractivity contribution in [2.45, 2.75) is 19.4 Å². The van der Waals surface area contributed by atoms with Gasteiger partial charge in [0.1, 0.15) is 11.6 Å². The molecule has 0 radical (unpaired) electrons. The number of halogens is 2. The molecule has 0 unspecified atom stereocenters. The van der Waals surface area contributed by atoms with Gasteiger partial charge in [0.05, 0.1) is 15.2 Å². The van der Waals surface area contributed by atoms with Crippen LogP contribution in [0, 0.1) is 5.82 Å². The third-order valence-corrected chi connectivity index (χ3v) is 6.24. The molecule has 1 aromatic carbocycles. The van der Waals surface area contributed by atoms with Gasteiger partial charge in [-0.3, -0.25) is 5.32 Å². The fourth-order valence-corrected chi connectivity index (χ4v) is 4.72. The molecule has 1 fully saturated rings. The fourth-order valence-electron chi connectivity index (χ4n) is 3.54. The smallest absolute Gasteiger partial charge is 0.324 e. The summed E-state index contributed by atoms with van der Waals surface area (Å²) in [7, 11) is 0. The minimum atomic E-state index is -0.328. The summed E-state index contributed by atoms with van der Waals surface area (Å²) >= 11 is 7.63. The van der Waals surface area contributed by atoms with Gasteiger partial charge < -0.3 is 14.9 Å². The van der Waals surface area contributed by atoms with Crippen molar-refractivity contribution in [3.63, 3.8) is 0 Å². The fraction of sp³-hybridized carbons (Fsp3) is 0.350. The molecule has 2 N–H and O–H groups in total. The second kappa shape index (κ2) is 8.71. The van der Waals surface area contributed by atoms with E-state index < -0.39 is 0 Å². The molecular weight excluding hydrogens is 429 g/mol. The third kappa shape index (κ3) is 4.33. The number of piperazine rings is 1. The number of carbonyl (C=O) groups excluding carboxylic acids is 1. The molecule has 1 saturated heterocycles. The highest BCUT2D eigenvalue weighted by atomic mass is 35.5. The summed E-state index contributed by atoms with van der Waals surface area (Å²) < 4.78 is 14.1. The van der Waals surface area contributed by atoms with E-state index in [2.05, 4.69) is 20.2 Å². The molecule has 10 heteroatoms. The number of rotatable bonds is 4. The summed E-state index contributed by atoms with van der Waals surface area (Å²) in [5.41, 5.74) is 1.54. The number of anilines is 2. The van der Waals surface area contributed by atoms with Gasteiger partial charge in [-0.2, -0.15) is 0 Å². The number of benzene rings is 1. The Morgan fingerprint density at radius 3 is 2.97 bits per heavy atom. The first-order valence-electron chi connectivity index (χ1n) is 9.58. The molecular formula is C20H21ClFN5O2S. The zero-order valence-corrected chi connectivity index (χ0v) is 17.9.